The maximum Gasteiger partial charge on any atom is 0.308 e. The van der Waals surface area contributed by atoms with Crippen LogP contribution in [0.4, 0.5) is 0 Å². The number of aryl methyl sites for hydroxylation is 2. The highest BCUT2D eigenvalue weighted by Crippen LogP contribution is 2.37. The molecule has 0 radical (unpaired) electrons. The van der Waals surface area contributed by atoms with Crippen LogP contribution in [0.15, 0.2) is 10.5 Å². The van der Waals surface area contributed by atoms with Crippen molar-refractivity contribution in [2.45, 2.75) is 53.1 Å². The summed E-state index contributed by atoms with van der Waals surface area (Å²) in [6.45, 7) is 9.33. The van der Waals surface area contributed by atoms with Gasteiger partial charge in [0.05, 0.1) is 12.0 Å². The van der Waals surface area contributed by atoms with E-state index in [1.54, 1.807) is 4.90 Å². The maximum absolute atomic E-state index is 12.4. The topological polar surface area (TPSA) is 70.8 Å². The van der Waals surface area contributed by atoms with Gasteiger partial charge in [-0.15, -0.1) is 0 Å². The number of amides is 1. The summed E-state index contributed by atoms with van der Waals surface area (Å²) in [5.74, 6) is 0.0947. The fourth-order valence-corrected chi connectivity index (χ4v) is 3.62. The molecule has 21 heavy (non-hydrogen) atoms. The molecule has 1 fully saturated rings. The second-order valence-electron chi connectivity index (χ2n) is 6.13. The van der Waals surface area contributed by atoms with Gasteiger partial charge in [-0.1, -0.05) is 6.92 Å². The van der Waals surface area contributed by atoms with Crippen LogP contribution in [-0.4, -0.2) is 27.9 Å². The van der Waals surface area contributed by atoms with Crippen molar-refractivity contribution in [3.8, 4) is 0 Å². The molecule has 4 atom stereocenters. The molecular weight excluding hydrogens is 270 g/mol. The van der Waals surface area contributed by atoms with E-state index in [2.05, 4.69) is 0 Å². The Labute approximate surface area is 124 Å². The molecule has 0 bridgehead atoms. The summed E-state index contributed by atoms with van der Waals surface area (Å²) in [5.41, 5.74) is 0.950. The number of furan rings is 1. The van der Waals surface area contributed by atoms with E-state index < -0.39 is 11.9 Å². The van der Waals surface area contributed by atoms with Gasteiger partial charge in [-0.25, -0.2) is 0 Å². The Kier molecular flexibility index (Phi) is 4.12. The molecule has 0 saturated carbocycles. The monoisotopic (exact) mass is 293 g/mol. The van der Waals surface area contributed by atoms with Crippen LogP contribution in [-0.2, 0) is 9.59 Å². The molecule has 1 amide bonds. The normalized spacial score (nSPS) is 27.8. The molecule has 0 aromatic carbocycles. The highest BCUT2D eigenvalue weighted by Gasteiger charge is 2.44. The largest absolute Gasteiger partial charge is 0.481 e. The van der Waals surface area contributed by atoms with Gasteiger partial charge in [0.1, 0.15) is 11.5 Å². The van der Waals surface area contributed by atoms with Crippen molar-refractivity contribution in [2.24, 2.45) is 11.8 Å². The number of carbonyl (C=O) groups excluding carboxylic acids is 1. The quantitative estimate of drug-likeness (QED) is 0.930. The van der Waals surface area contributed by atoms with Crippen LogP contribution in [0.5, 0.6) is 0 Å². The summed E-state index contributed by atoms with van der Waals surface area (Å²) < 4.78 is 5.54. The van der Waals surface area contributed by atoms with Crippen molar-refractivity contribution in [2.75, 3.05) is 0 Å². The van der Waals surface area contributed by atoms with Crippen LogP contribution in [0, 0.1) is 25.7 Å². The number of hydrogen-bond donors (Lipinski definition) is 1. The molecule has 5 heteroatoms. The molecule has 1 aromatic heterocycles. The van der Waals surface area contributed by atoms with Crippen LogP contribution in [0.2, 0.25) is 0 Å². The van der Waals surface area contributed by atoms with E-state index in [-0.39, 0.29) is 30.3 Å². The van der Waals surface area contributed by atoms with Gasteiger partial charge in [0.15, 0.2) is 0 Å². The molecule has 1 saturated heterocycles. The Bertz CT molecular complexity index is 563. The zero-order valence-electron chi connectivity index (χ0n) is 13.2. The summed E-state index contributed by atoms with van der Waals surface area (Å²) in [6.07, 6.45) is 0.279. The first-order chi connectivity index (χ1) is 9.73. The molecule has 0 aliphatic carbocycles. The molecule has 2 heterocycles. The highest BCUT2D eigenvalue weighted by molar-refractivity contribution is 5.82. The zero-order chi connectivity index (χ0) is 15.9. The summed E-state index contributed by atoms with van der Waals surface area (Å²) in [4.78, 5) is 25.6. The van der Waals surface area contributed by atoms with Gasteiger partial charge in [0.25, 0.3) is 0 Å². The van der Waals surface area contributed by atoms with Gasteiger partial charge in [-0.05, 0) is 39.7 Å². The van der Waals surface area contributed by atoms with Crippen LogP contribution >= 0.6 is 0 Å². The van der Waals surface area contributed by atoms with Crippen molar-refractivity contribution in [3.05, 3.63) is 23.2 Å². The lowest BCUT2D eigenvalue weighted by molar-refractivity contribution is -0.156. The number of hydrogen-bond acceptors (Lipinski definition) is 3. The smallest absolute Gasteiger partial charge is 0.308 e. The number of carbonyl (C=O) groups is 2. The minimum atomic E-state index is -0.834. The van der Waals surface area contributed by atoms with E-state index in [9.17, 15) is 14.7 Å². The van der Waals surface area contributed by atoms with Crippen LogP contribution in [0.3, 0.4) is 0 Å². The van der Waals surface area contributed by atoms with E-state index >= 15 is 0 Å². The lowest BCUT2D eigenvalue weighted by Gasteiger charge is -2.43. The number of carboxylic acids is 1. The van der Waals surface area contributed by atoms with E-state index in [0.717, 1.165) is 17.1 Å². The minimum absolute atomic E-state index is 0.0123. The molecule has 1 aliphatic heterocycles. The first-order valence-corrected chi connectivity index (χ1v) is 7.35. The summed E-state index contributed by atoms with van der Waals surface area (Å²) in [7, 11) is 0. The average molecular weight is 293 g/mol. The van der Waals surface area contributed by atoms with E-state index in [0.29, 0.717) is 0 Å². The predicted octanol–water partition coefficient (Wildman–Crippen LogP) is 2.92. The summed E-state index contributed by atoms with van der Waals surface area (Å²) in [6, 6.07) is 1.41. The van der Waals surface area contributed by atoms with Crippen LogP contribution < -0.4 is 0 Å². The Hall–Kier alpha value is -1.78. The number of piperidine rings is 1. The number of likely N-dealkylation sites (tertiary alicyclic amines) is 1. The second kappa shape index (κ2) is 5.54. The third-order valence-corrected chi connectivity index (χ3v) is 4.59. The van der Waals surface area contributed by atoms with E-state index in [1.807, 2.05) is 40.7 Å². The van der Waals surface area contributed by atoms with Crippen molar-refractivity contribution in [3.63, 3.8) is 0 Å². The SMILES string of the molecule is Cc1cc(C(C)N2C(=O)CC(C)C(C(=O)O)C2C)c(C)o1. The lowest BCUT2D eigenvalue weighted by Crippen LogP contribution is -2.53. The van der Waals surface area contributed by atoms with E-state index in [1.165, 1.54) is 0 Å². The molecule has 4 unspecified atom stereocenters. The molecule has 2 rings (SSSR count). The number of rotatable bonds is 3. The van der Waals surface area contributed by atoms with Gasteiger partial charge < -0.3 is 14.4 Å². The average Bonchev–Trinajstić information content (AvgIpc) is 2.66. The Morgan fingerprint density at radius 1 is 1.43 bits per heavy atom. The Morgan fingerprint density at radius 3 is 2.52 bits per heavy atom. The standard InChI is InChI=1S/C16H23NO4/c1-8-6-14(18)17(11(4)15(8)16(19)20)10(3)13-7-9(2)21-12(13)5/h7-8,10-11,15H,6H2,1-5H3,(H,19,20). The van der Waals surface area contributed by atoms with Gasteiger partial charge >= 0.3 is 5.97 Å². The summed E-state index contributed by atoms with van der Waals surface area (Å²) in [5, 5.41) is 9.44. The minimum Gasteiger partial charge on any atom is -0.481 e. The maximum atomic E-state index is 12.4. The highest BCUT2D eigenvalue weighted by atomic mass is 16.4. The third kappa shape index (κ3) is 2.69. The predicted molar refractivity (Wildman–Crippen MR) is 77.8 cm³/mol. The lowest BCUT2D eigenvalue weighted by atomic mass is 9.80. The van der Waals surface area contributed by atoms with Gasteiger partial charge in [-0.3, -0.25) is 9.59 Å². The second-order valence-corrected chi connectivity index (χ2v) is 6.13. The first kappa shape index (κ1) is 15.6. The number of carboxylic acid groups (broad SMARTS) is 1. The van der Waals surface area contributed by atoms with Crippen LogP contribution in [0.25, 0.3) is 0 Å². The molecule has 1 aliphatic rings. The van der Waals surface area contributed by atoms with Crippen LogP contribution in [0.1, 0.15) is 50.3 Å². The molecule has 1 aromatic rings. The van der Waals surface area contributed by atoms with Crippen molar-refractivity contribution in [1.82, 2.24) is 4.90 Å². The fourth-order valence-electron chi connectivity index (χ4n) is 3.62. The molecule has 1 N–H and O–H groups in total. The summed E-state index contributed by atoms with van der Waals surface area (Å²) >= 11 is 0. The third-order valence-electron chi connectivity index (χ3n) is 4.59. The number of nitrogens with zero attached hydrogens (tertiary/aromatic N) is 1. The zero-order valence-corrected chi connectivity index (χ0v) is 13.2. The number of aliphatic carboxylic acids is 1. The first-order valence-electron chi connectivity index (χ1n) is 7.35. The molecular formula is C16H23NO4. The van der Waals surface area contributed by atoms with Gasteiger partial charge in [0, 0.05) is 18.0 Å². The molecule has 116 valence electrons. The Balaban J connectivity index is 2.34. The van der Waals surface area contributed by atoms with Gasteiger partial charge in [0.2, 0.25) is 5.91 Å². The Morgan fingerprint density at radius 2 is 2.05 bits per heavy atom. The van der Waals surface area contributed by atoms with Crippen molar-refractivity contribution >= 4 is 11.9 Å². The van der Waals surface area contributed by atoms with Gasteiger partial charge in [-0.2, -0.15) is 0 Å². The molecule has 5 nitrogen and oxygen atoms in total. The van der Waals surface area contributed by atoms with E-state index in [4.69, 9.17) is 4.42 Å². The fraction of sp³-hybridized carbons (Fsp3) is 0.625. The van der Waals surface area contributed by atoms with Crippen molar-refractivity contribution < 1.29 is 19.1 Å². The van der Waals surface area contributed by atoms with Crippen molar-refractivity contribution in [1.29, 1.82) is 0 Å². The molecule has 0 spiro atoms.